The number of hydrogen-bond acceptors (Lipinski definition) is 3. The average molecular weight is 364 g/mol. The summed E-state index contributed by atoms with van der Waals surface area (Å²) in [6.07, 6.45) is 2.87. The van der Waals surface area contributed by atoms with Crippen molar-refractivity contribution in [2.45, 2.75) is 18.8 Å². The molecule has 138 valence electrons. The van der Waals surface area contributed by atoms with Gasteiger partial charge in [0.25, 0.3) is 0 Å². The number of rotatable bonds is 6. The highest BCUT2D eigenvalue weighted by atomic mass is 16.4. The van der Waals surface area contributed by atoms with E-state index in [-0.39, 0.29) is 29.9 Å². The molecule has 3 aromatic rings. The maximum absolute atomic E-state index is 12.6. The number of aliphatic hydroxyl groups is 1. The molecule has 2 atom stereocenters. The molecule has 0 bridgehead atoms. The van der Waals surface area contributed by atoms with Crippen LogP contribution in [0.4, 0.5) is 5.69 Å². The van der Waals surface area contributed by atoms with E-state index in [0.29, 0.717) is 23.0 Å². The highest BCUT2D eigenvalue weighted by Gasteiger charge is 2.43. The lowest BCUT2D eigenvalue weighted by atomic mass is 10.0. The molecular weight excluding hydrogens is 344 g/mol. The fourth-order valence-electron chi connectivity index (χ4n) is 3.69. The van der Waals surface area contributed by atoms with Gasteiger partial charge in [0.05, 0.1) is 5.56 Å². The van der Waals surface area contributed by atoms with E-state index in [0.717, 1.165) is 17.5 Å². The molecule has 4 rings (SSSR count). The Kier molecular flexibility index (Phi) is 4.41. The Morgan fingerprint density at radius 1 is 1.19 bits per heavy atom. The maximum Gasteiger partial charge on any atom is 0.336 e. The molecule has 1 aliphatic rings. The highest BCUT2D eigenvalue weighted by molar-refractivity contribution is 6.07. The van der Waals surface area contributed by atoms with E-state index in [1.54, 1.807) is 12.3 Å². The number of fused-ring (bicyclic) bond motifs is 1. The molecule has 27 heavy (non-hydrogen) atoms. The van der Waals surface area contributed by atoms with E-state index in [4.69, 9.17) is 5.11 Å². The van der Waals surface area contributed by atoms with Crippen LogP contribution in [0.2, 0.25) is 0 Å². The molecule has 1 saturated carbocycles. The van der Waals surface area contributed by atoms with Crippen molar-refractivity contribution < 1.29 is 19.8 Å². The summed E-state index contributed by atoms with van der Waals surface area (Å²) in [6, 6.07) is 13.1. The largest absolute Gasteiger partial charge is 0.478 e. The third-order valence-corrected chi connectivity index (χ3v) is 5.10. The van der Waals surface area contributed by atoms with Gasteiger partial charge in [0.15, 0.2) is 0 Å². The normalized spacial score (nSPS) is 18.4. The van der Waals surface area contributed by atoms with Crippen LogP contribution in [0, 0.1) is 5.92 Å². The molecule has 6 nitrogen and oxygen atoms in total. The lowest BCUT2D eigenvalue weighted by Gasteiger charge is -2.09. The zero-order valence-corrected chi connectivity index (χ0v) is 14.6. The van der Waals surface area contributed by atoms with Crippen molar-refractivity contribution in [2.75, 3.05) is 11.9 Å². The number of aromatic amines is 1. The molecule has 1 heterocycles. The quantitative estimate of drug-likeness (QED) is 0.539. The van der Waals surface area contributed by atoms with Gasteiger partial charge >= 0.3 is 5.97 Å². The van der Waals surface area contributed by atoms with Gasteiger partial charge in [-0.05, 0) is 42.0 Å². The summed E-state index contributed by atoms with van der Waals surface area (Å²) in [4.78, 5) is 27.3. The number of aromatic nitrogens is 1. The van der Waals surface area contributed by atoms with Gasteiger partial charge in [0, 0.05) is 35.3 Å². The van der Waals surface area contributed by atoms with Crippen molar-refractivity contribution in [3.8, 4) is 0 Å². The number of carboxylic acid groups (broad SMARTS) is 1. The summed E-state index contributed by atoms with van der Waals surface area (Å²) < 4.78 is 0. The first kappa shape index (κ1) is 17.3. The average Bonchev–Trinajstić information content (AvgIpc) is 3.38. The number of carbonyl (C=O) groups is 2. The summed E-state index contributed by atoms with van der Waals surface area (Å²) in [7, 11) is 0. The molecule has 1 fully saturated rings. The van der Waals surface area contributed by atoms with Gasteiger partial charge in [-0.15, -0.1) is 0 Å². The van der Waals surface area contributed by atoms with Crippen LogP contribution in [-0.4, -0.2) is 33.7 Å². The van der Waals surface area contributed by atoms with Crippen molar-refractivity contribution in [3.05, 3.63) is 65.4 Å². The first-order valence-corrected chi connectivity index (χ1v) is 8.92. The number of aliphatic hydroxyl groups excluding tert-OH is 1. The predicted molar refractivity (Wildman–Crippen MR) is 102 cm³/mol. The van der Waals surface area contributed by atoms with Crippen LogP contribution in [-0.2, 0) is 11.2 Å². The number of hydrogen-bond donors (Lipinski definition) is 4. The van der Waals surface area contributed by atoms with E-state index < -0.39 is 5.97 Å². The fourth-order valence-corrected chi connectivity index (χ4v) is 3.69. The smallest absolute Gasteiger partial charge is 0.336 e. The highest BCUT2D eigenvalue weighted by Crippen LogP contribution is 2.48. The van der Waals surface area contributed by atoms with Crippen molar-refractivity contribution in [1.82, 2.24) is 4.98 Å². The van der Waals surface area contributed by atoms with Gasteiger partial charge in [-0.2, -0.15) is 0 Å². The third-order valence-electron chi connectivity index (χ3n) is 5.10. The second-order valence-corrected chi connectivity index (χ2v) is 6.89. The van der Waals surface area contributed by atoms with Gasteiger partial charge in [-0.1, -0.05) is 30.3 Å². The van der Waals surface area contributed by atoms with Crippen molar-refractivity contribution in [2.24, 2.45) is 5.92 Å². The minimum Gasteiger partial charge on any atom is -0.478 e. The van der Waals surface area contributed by atoms with Crippen LogP contribution in [0.3, 0.4) is 0 Å². The van der Waals surface area contributed by atoms with Gasteiger partial charge in [-0.3, -0.25) is 4.79 Å². The number of carbonyl (C=O) groups excluding carboxylic acids is 1. The summed E-state index contributed by atoms with van der Waals surface area (Å²) in [5.41, 5.74) is 3.10. The van der Waals surface area contributed by atoms with E-state index in [9.17, 15) is 14.7 Å². The van der Waals surface area contributed by atoms with E-state index in [2.05, 4.69) is 10.3 Å². The second kappa shape index (κ2) is 6.89. The van der Waals surface area contributed by atoms with Crippen LogP contribution in [0.1, 0.15) is 33.8 Å². The minimum absolute atomic E-state index is 0.0624. The predicted octanol–water partition coefficient (Wildman–Crippen LogP) is 3.14. The van der Waals surface area contributed by atoms with Gasteiger partial charge in [0.1, 0.15) is 0 Å². The SMILES string of the molecule is O=C(O)c1cc(NC(=O)C2CC2c2ccccc2)cc2[nH]cc(CCO)c12. The number of H-pyrrole nitrogens is 1. The number of aromatic carboxylic acids is 1. The van der Waals surface area contributed by atoms with Gasteiger partial charge in [-0.25, -0.2) is 4.79 Å². The molecule has 0 radical (unpaired) electrons. The van der Waals surface area contributed by atoms with Crippen LogP contribution >= 0.6 is 0 Å². The summed E-state index contributed by atoms with van der Waals surface area (Å²) >= 11 is 0. The molecule has 4 N–H and O–H groups in total. The molecule has 6 heteroatoms. The second-order valence-electron chi connectivity index (χ2n) is 6.89. The summed E-state index contributed by atoms with van der Waals surface area (Å²) in [6.45, 7) is -0.0624. The first-order chi connectivity index (χ1) is 13.1. The van der Waals surface area contributed by atoms with Crippen LogP contribution in [0.15, 0.2) is 48.7 Å². The Bertz CT molecular complexity index is 1010. The standard InChI is InChI=1S/C21H20N2O4/c24-7-6-13-11-22-18-9-14(8-17(19(13)18)21(26)27)23-20(25)16-10-15(16)12-4-2-1-3-5-12/h1-5,8-9,11,15-16,22,24H,6-7,10H2,(H,23,25)(H,26,27). The number of carboxylic acids is 1. The Morgan fingerprint density at radius 2 is 1.96 bits per heavy atom. The van der Waals surface area contributed by atoms with Crippen LogP contribution in [0.25, 0.3) is 10.9 Å². The molecule has 2 aromatic carbocycles. The Labute approximate surface area is 155 Å². The summed E-state index contributed by atoms with van der Waals surface area (Å²) in [5, 5.41) is 22.2. The monoisotopic (exact) mass is 364 g/mol. The Morgan fingerprint density at radius 3 is 2.67 bits per heavy atom. The molecule has 1 aromatic heterocycles. The number of nitrogens with one attached hydrogen (secondary N) is 2. The van der Waals surface area contributed by atoms with E-state index in [1.807, 2.05) is 30.3 Å². The molecule has 0 aliphatic heterocycles. The molecule has 2 unspecified atom stereocenters. The molecule has 1 amide bonds. The number of amides is 1. The van der Waals surface area contributed by atoms with E-state index >= 15 is 0 Å². The zero-order valence-electron chi connectivity index (χ0n) is 14.6. The lowest BCUT2D eigenvalue weighted by molar-refractivity contribution is -0.117. The van der Waals surface area contributed by atoms with Gasteiger partial charge < -0.3 is 20.5 Å². The van der Waals surface area contributed by atoms with Crippen molar-refractivity contribution in [1.29, 1.82) is 0 Å². The van der Waals surface area contributed by atoms with Gasteiger partial charge in [0.2, 0.25) is 5.91 Å². The summed E-state index contributed by atoms with van der Waals surface area (Å²) in [5.74, 6) is -1.04. The third kappa shape index (κ3) is 3.31. The molecule has 0 spiro atoms. The van der Waals surface area contributed by atoms with Crippen molar-refractivity contribution in [3.63, 3.8) is 0 Å². The minimum atomic E-state index is -1.07. The Hall–Kier alpha value is -3.12. The Balaban J connectivity index is 1.58. The maximum atomic E-state index is 12.6. The zero-order chi connectivity index (χ0) is 19.0. The number of benzene rings is 2. The topological polar surface area (TPSA) is 102 Å². The lowest BCUT2D eigenvalue weighted by Crippen LogP contribution is -2.15. The molecular formula is C21H20N2O4. The van der Waals surface area contributed by atoms with E-state index in [1.165, 1.54) is 6.07 Å². The first-order valence-electron chi connectivity index (χ1n) is 8.92. The fraction of sp³-hybridized carbons (Fsp3) is 0.238. The molecule has 0 saturated heterocycles. The number of anilines is 1. The van der Waals surface area contributed by atoms with Crippen LogP contribution < -0.4 is 5.32 Å². The van der Waals surface area contributed by atoms with Crippen molar-refractivity contribution >= 4 is 28.5 Å². The van der Waals surface area contributed by atoms with Crippen LogP contribution in [0.5, 0.6) is 0 Å². The molecule has 1 aliphatic carbocycles.